The molecule has 0 saturated heterocycles. The van der Waals surface area contributed by atoms with Crippen molar-refractivity contribution in [3.8, 4) is 0 Å². The van der Waals surface area contributed by atoms with Crippen LogP contribution in [-0.4, -0.2) is 191 Å². The Kier molecular flexibility index (Phi) is 110. The summed E-state index contributed by atoms with van der Waals surface area (Å²) in [7, 11) is 0.0627. The molecule has 0 rings (SSSR count). The Hall–Kier alpha value is 3.00. The maximum atomic E-state index is 11.7. The SMILES string of the molecule is C.C.C.C.C=C(C)C(=O)OCCNC(=O)OCCOCCC[Si](C)(C)O.C=C(C)C(=O)OCCNC(=O)OCCOCCC[Si](C)C.COCCOCCC[Si](C)(C)OC.CO[Si](C)(C)C.CO[Si](C)(C)CCC(F)(F)F.I.II.I[I-]I.[Y]. The predicted molar refractivity (Wildman–Crippen MR) is 393 cm³/mol. The molecule has 0 aliphatic heterocycles. The summed E-state index contributed by atoms with van der Waals surface area (Å²) in [6.45, 7) is 37.9. The Morgan fingerprint density at radius 2 is 0.881 bits per heavy atom. The van der Waals surface area contributed by atoms with Crippen molar-refractivity contribution in [1.82, 2.24) is 10.6 Å². The van der Waals surface area contributed by atoms with Crippen molar-refractivity contribution < 1.29 is 134 Å². The van der Waals surface area contributed by atoms with Gasteiger partial charge in [0.25, 0.3) is 0 Å². The van der Waals surface area contributed by atoms with E-state index in [4.69, 9.17) is 51.2 Å². The summed E-state index contributed by atoms with van der Waals surface area (Å²) >= 11 is 9.54. The van der Waals surface area contributed by atoms with Crippen LogP contribution in [0.5, 0.6) is 0 Å². The van der Waals surface area contributed by atoms with Crippen molar-refractivity contribution in [2.75, 3.05) is 114 Å². The van der Waals surface area contributed by atoms with Crippen molar-refractivity contribution in [1.29, 1.82) is 0 Å². The maximum absolute atomic E-state index is 11.7. The first-order valence-electron chi connectivity index (χ1n) is 25.0. The van der Waals surface area contributed by atoms with E-state index >= 15 is 0 Å². The van der Waals surface area contributed by atoms with E-state index in [2.05, 4.69) is 144 Å². The third kappa shape index (κ3) is 119. The predicted octanol–water partition coefficient (Wildman–Crippen LogP) is 13.3. The van der Waals surface area contributed by atoms with Gasteiger partial charge in [-0.1, -0.05) is 62.0 Å². The molecule has 0 aliphatic rings. The number of esters is 2. The summed E-state index contributed by atoms with van der Waals surface area (Å²) in [6, 6.07) is 3.33. The fraction of sp³-hybridized carbons (Fsp3) is 0.843. The van der Waals surface area contributed by atoms with Gasteiger partial charge < -0.3 is 66.6 Å². The molecule has 0 fully saturated rings. The minimum atomic E-state index is -4.04. The Bertz CT molecular complexity index is 1480. The Morgan fingerprint density at radius 3 is 1.17 bits per heavy atom. The molecule has 0 heterocycles. The summed E-state index contributed by atoms with van der Waals surface area (Å²) < 4.78 is 90.8. The van der Waals surface area contributed by atoms with Gasteiger partial charge in [-0.25, -0.2) is 19.2 Å². The van der Waals surface area contributed by atoms with Crippen molar-refractivity contribution in [3.63, 3.8) is 0 Å². The maximum Gasteiger partial charge on any atom is 0 e. The van der Waals surface area contributed by atoms with Gasteiger partial charge in [-0.15, -0.1) is 24.0 Å². The summed E-state index contributed by atoms with van der Waals surface area (Å²) in [5.74, 6) is -0.958. The quantitative estimate of drug-likeness (QED) is 0.0136. The van der Waals surface area contributed by atoms with Crippen molar-refractivity contribution >= 4 is 165 Å². The number of halogens is 9. The first-order chi connectivity index (χ1) is 36.0. The number of hydrogen-bond acceptors (Lipinski definition) is 16. The van der Waals surface area contributed by atoms with Gasteiger partial charge in [-0.2, -0.15) is 13.2 Å². The van der Waals surface area contributed by atoms with E-state index < -0.39 is 70.0 Å². The van der Waals surface area contributed by atoms with Crippen LogP contribution in [0.3, 0.4) is 0 Å². The average molecular weight is 2060 g/mol. The molecule has 0 saturated carbocycles. The number of amides is 2. The van der Waals surface area contributed by atoms with Crippen LogP contribution >= 0.6 is 98.4 Å². The van der Waals surface area contributed by atoms with Crippen LogP contribution in [-0.2, 0) is 93.5 Å². The van der Waals surface area contributed by atoms with Crippen molar-refractivity contribution in [3.05, 3.63) is 24.3 Å². The number of nitrogens with one attached hydrogen (secondary N) is 2. The minimum Gasteiger partial charge on any atom is 0 e. The number of methoxy groups -OCH3 is 1. The molecule has 18 nitrogen and oxygen atoms in total. The molecule has 0 aromatic carbocycles. The first-order valence-corrected chi connectivity index (χ1v) is 59.3. The molecule has 0 atom stereocenters. The van der Waals surface area contributed by atoms with Crippen LogP contribution in [0.25, 0.3) is 0 Å². The molecule has 0 spiro atoms. The second kappa shape index (κ2) is 78.4. The molecule has 0 unspecified atom stereocenters. The number of rotatable bonds is 34. The smallest absolute Gasteiger partial charge is 0 e. The number of carbonyl (C=O) groups excluding carboxylic acids is 4. The number of hydrogen-bond donors (Lipinski definition) is 3. The number of alkyl halides is 3. The third-order valence-corrected chi connectivity index (χ3v) is 18.5. The minimum absolute atomic E-state index is 0. The van der Waals surface area contributed by atoms with E-state index in [0.717, 1.165) is 38.0 Å². The molecule has 0 aliphatic carbocycles. The van der Waals surface area contributed by atoms with Crippen LogP contribution in [0.4, 0.5) is 22.8 Å². The zero-order valence-electron chi connectivity index (χ0n) is 50.8. The molecular formula is C51H117F3I6N2O16Si5Y-. The van der Waals surface area contributed by atoms with E-state index in [-0.39, 0.29) is 141 Å². The van der Waals surface area contributed by atoms with Crippen LogP contribution in [0.1, 0.15) is 69.2 Å². The summed E-state index contributed by atoms with van der Waals surface area (Å²) in [6.07, 6.45) is -2.94. The van der Waals surface area contributed by atoms with Crippen LogP contribution in [0.15, 0.2) is 24.3 Å². The van der Waals surface area contributed by atoms with Gasteiger partial charge >= 0.3 is 80.8 Å². The van der Waals surface area contributed by atoms with Crippen molar-refractivity contribution in [2.45, 2.75) is 172 Å². The summed E-state index contributed by atoms with van der Waals surface area (Å²) in [5, 5.41) is 4.92. The molecular weight excluding hydrogens is 1940 g/mol. The molecule has 2 amide bonds. The molecule has 0 aromatic rings. The summed E-state index contributed by atoms with van der Waals surface area (Å²) in [5.41, 5.74) is 0.640. The van der Waals surface area contributed by atoms with E-state index in [9.17, 15) is 37.1 Å². The Morgan fingerprint density at radius 1 is 0.560 bits per heavy atom. The van der Waals surface area contributed by atoms with E-state index in [1.54, 1.807) is 48.3 Å². The second-order valence-electron chi connectivity index (χ2n) is 19.5. The van der Waals surface area contributed by atoms with E-state index in [1.807, 2.05) is 13.1 Å². The normalized spacial score (nSPS) is 10.3. The fourth-order valence-corrected chi connectivity index (χ4v) is 8.31. The van der Waals surface area contributed by atoms with Gasteiger partial charge in [0.05, 0.1) is 39.5 Å². The number of ether oxygens (including phenoxy) is 8. The van der Waals surface area contributed by atoms with Gasteiger partial charge in [-0.05, 0) is 110 Å². The van der Waals surface area contributed by atoms with Gasteiger partial charge in [-0.3, -0.25) is 0 Å². The number of carbonyl (C=O) groups is 4. The molecule has 0 bridgehead atoms. The second-order valence-corrected chi connectivity index (χ2v) is 56.3. The molecule has 0 aromatic heterocycles. The summed E-state index contributed by atoms with van der Waals surface area (Å²) in [4.78, 5) is 54.3. The molecule has 2 radical (unpaired) electrons. The molecule has 84 heavy (non-hydrogen) atoms. The molecule has 3 N–H and O–H groups in total. The number of alkyl carbamates (subject to hydrolysis) is 2. The van der Waals surface area contributed by atoms with Crippen molar-refractivity contribution in [2.24, 2.45) is 0 Å². The van der Waals surface area contributed by atoms with Gasteiger partial charge in [0, 0.05) is 145 Å². The Balaban J connectivity index is -0.0000000686. The molecule has 33 heteroatoms. The third-order valence-electron chi connectivity index (χ3n) is 9.10. The van der Waals surface area contributed by atoms with Crippen LogP contribution in [0.2, 0.25) is 96.2 Å². The average Bonchev–Trinajstić information content (AvgIpc) is 3.34. The first kappa shape index (κ1) is 118. The fourth-order valence-electron chi connectivity index (χ4n) is 4.16. The van der Waals surface area contributed by atoms with Gasteiger partial charge in [0.1, 0.15) is 26.4 Å². The van der Waals surface area contributed by atoms with E-state index in [0.29, 0.717) is 64.0 Å². The standard InChI is InChI=1S/C14H27NO6Si.C14H26NO5Si.C9H22O3Si.C6H13F3OSi.C4H12OSi.4CH4.I3.I2.HI.Y/c1-12(2)13(16)20-8-6-15-14(17)21-10-9-19-7-5-11-22(3,4)18;1-12(2)13(16)19-8-6-15-14(17)20-10-9-18-7-5-11-21(3)4;1-10-7-8-12-6-5-9-13(3,4)11-2;1-10-11(2,3)5-4-6(7,8)9;1-5-6(2,3)4;;;;;1-3-2;1-2;;/h18H,1,5-11H2,2-4H3,(H,15,17);1,5-11H2,2-4H3,(H,15,17);5-9H2,1-4H3;4-5H2,1-3H3;1-4H3;4*1H4;;;1H;/q;;;;;;;;;-1;;;. The zero-order chi connectivity index (χ0) is 62.3. The van der Waals surface area contributed by atoms with Gasteiger partial charge in [0.15, 0.2) is 33.3 Å². The topological polar surface area (TPSA) is 214 Å². The Labute approximate surface area is 611 Å². The monoisotopic (exact) mass is 2060 g/mol. The van der Waals surface area contributed by atoms with Crippen LogP contribution < -0.4 is 23.9 Å². The largest absolute Gasteiger partial charge is 0 e. The van der Waals surface area contributed by atoms with Crippen LogP contribution in [0, 0.1) is 0 Å². The van der Waals surface area contributed by atoms with Gasteiger partial charge in [0.2, 0.25) is 0 Å². The van der Waals surface area contributed by atoms with E-state index in [1.165, 1.54) is 13.2 Å². The molecule has 514 valence electrons. The zero-order valence-corrected chi connectivity index (χ0v) is 71.8.